The molecular weight excluding hydrogens is 382 g/mol. The second-order valence-electron chi connectivity index (χ2n) is 5.23. The lowest BCUT2D eigenvalue weighted by Crippen LogP contribution is -2.53. The fourth-order valence-corrected chi connectivity index (χ4v) is 2.33. The summed E-state index contributed by atoms with van der Waals surface area (Å²) in [5.74, 6) is 0. The van der Waals surface area contributed by atoms with Gasteiger partial charge >= 0.3 is 12.4 Å². The molecule has 0 bridgehead atoms. The number of hydrogen-bond donors (Lipinski definition) is 3. The molecule has 2 rings (SSSR count). The van der Waals surface area contributed by atoms with Gasteiger partial charge in [-0.15, -0.1) is 0 Å². The molecule has 2 aromatic rings. The van der Waals surface area contributed by atoms with Gasteiger partial charge in [0.1, 0.15) is 0 Å². The average Bonchev–Trinajstić information content (AvgIpc) is 2.53. The molecule has 0 spiro atoms. The number of nitrogens with one attached hydrogen (secondary N) is 2. The molecule has 0 radical (unpaired) electrons. The molecule has 0 saturated carbocycles. The topological polar surface area (TPSA) is 44.3 Å². The van der Waals surface area contributed by atoms with E-state index in [-0.39, 0.29) is 10.8 Å². The molecule has 26 heavy (non-hydrogen) atoms. The van der Waals surface area contributed by atoms with E-state index in [0.717, 1.165) is 12.1 Å². The largest absolute Gasteiger partial charge is 0.430 e. The summed E-state index contributed by atoms with van der Waals surface area (Å²) in [6.45, 7) is 0. The lowest BCUT2D eigenvalue weighted by molar-refractivity contribution is -0.376. The lowest BCUT2D eigenvalue weighted by Gasteiger charge is -2.32. The first-order valence-electron chi connectivity index (χ1n) is 7.04. The van der Waals surface area contributed by atoms with Crippen molar-refractivity contribution in [2.75, 3.05) is 10.6 Å². The minimum Gasteiger partial charge on any atom is -0.369 e. The van der Waals surface area contributed by atoms with Crippen molar-refractivity contribution in [1.29, 1.82) is 0 Å². The molecule has 2 aromatic carbocycles. The predicted octanol–water partition coefficient (Wildman–Crippen LogP) is 4.81. The lowest BCUT2D eigenvalue weighted by atomic mass is 9.92. The Morgan fingerprint density at radius 2 is 1.15 bits per heavy atom. The molecule has 3 N–H and O–H groups in total. The van der Waals surface area contributed by atoms with Gasteiger partial charge in [-0.05, 0) is 36.5 Å². The maximum Gasteiger partial charge on any atom is 0.430 e. The summed E-state index contributed by atoms with van der Waals surface area (Å²) in [5.41, 5.74) is -5.51. The Morgan fingerprint density at radius 3 is 1.58 bits per heavy atom. The number of aliphatic hydroxyl groups is 1. The minimum atomic E-state index is -5.93. The van der Waals surface area contributed by atoms with Gasteiger partial charge < -0.3 is 15.7 Å². The maximum absolute atomic E-state index is 12.8. The summed E-state index contributed by atoms with van der Waals surface area (Å²) in [6, 6.07) is 11.7. The van der Waals surface area contributed by atoms with Gasteiger partial charge in [-0.3, -0.25) is 0 Å². The quantitative estimate of drug-likeness (QED) is 0.517. The van der Waals surface area contributed by atoms with Crippen molar-refractivity contribution in [3.63, 3.8) is 0 Å². The fourth-order valence-electron chi connectivity index (χ4n) is 2.10. The van der Waals surface area contributed by atoms with Gasteiger partial charge in [-0.25, -0.2) is 0 Å². The Balaban J connectivity index is 2.18. The Morgan fingerprint density at radius 1 is 0.731 bits per heavy atom. The second kappa shape index (κ2) is 7.12. The van der Waals surface area contributed by atoms with Gasteiger partial charge in [-0.2, -0.15) is 26.3 Å². The maximum atomic E-state index is 12.8. The summed E-state index contributed by atoms with van der Waals surface area (Å²) in [5, 5.41) is 14.8. The zero-order valence-corrected chi connectivity index (χ0v) is 13.6. The van der Waals surface area contributed by atoms with Crippen LogP contribution in [-0.2, 0) is 5.60 Å². The van der Waals surface area contributed by atoms with Crippen molar-refractivity contribution < 1.29 is 31.4 Å². The number of hydrogen-bond acceptors (Lipinski definition) is 2. The van der Waals surface area contributed by atoms with Gasteiger partial charge in [0.2, 0.25) is 0 Å². The molecule has 0 saturated heterocycles. The smallest absolute Gasteiger partial charge is 0.369 e. The zero-order valence-electron chi connectivity index (χ0n) is 12.8. The standard InChI is InChI=1S/C16H12F6N2OS/c17-15(18,19)14(25,16(20,21)22)10-6-8-12(9-7-10)24-13(26)23-11-4-2-1-3-5-11/h1-9,25H,(H2,23,24,26). The first kappa shape index (κ1) is 20.0. The van der Waals surface area contributed by atoms with E-state index in [4.69, 9.17) is 12.2 Å². The van der Waals surface area contributed by atoms with Crippen molar-refractivity contribution in [3.8, 4) is 0 Å². The fraction of sp³-hybridized carbons (Fsp3) is 0.188. The third kappa shape index (κ3) is 4.07. The normalized spacial score (nSPS) is 12.6. The van der Waals surface area contributed by atoms with E-state index in [1.54, 1.807) is 30.3 Å². The Bertz CT molecular complexity index is 745. The van der Waals surface area contributed by atoms with Gasteiger partial charge in [0.15, 0.2) is 5.11 Å². The molecule has 3 nitrogen and oxygen atoms in total. The van der Waals surface area contributed by atoms with Crippen LogP contribution in [0.4, 0.5) is 37.7 Å². The van der Waals surface area contributed by atoms with Gasteiger partial charge in [-0.1, -0.05) is 30.3 Å². The monoisotopic (exact) mass is 394 g/mol. The van der Waals surface area contributed by atoms with Crippen molar-refractivity contribution in [3.05, 3.63) is 60.2 Å². The van der Waals surface area contributed by atoms with Gasteiger partial charge in [0.05, 0.1) is 0 Å². The summed E-state index contributed by atoms with van der Waals surface area (Å²) >= 11 is 5.01. The van der Waals surface area contributed by atoms with Gasteiger partial charge in [0, 0.05) is 16.9 Å². The Labute approximate surface area is 149 Å². The summed E-state index contributed by atoms with van der Waals surface area (Å²) in [4.78, 5) is 0. The highest BCUT2D eigenvalue weighted by Gasteiger charge is 2.71. The van der Waals surface area contributed by atoms with E-state index in [2.05, 4.69) is 10.6 Å². The van der Waals surface area contributed by atoms with E-state index in [1.165, 1.54) is 0 Å². The molecule has 0 aliphatic heterocycles. The number of benzene rings is 2. The van der Waals surface area contributed by atoms with E-state index >= 15 is 0 Å². The van der Waals surface area contributed by atoms with Gasteiger partial charge in [0.25, 0.3) is 5.60 Å². The highest BCUT2D eigenvalue weighted by molar-refractivity contribution is 7.80. The minimum absolute atomic E-state index is 0.0888. The SMILES string of the molecule is OC(c1ccc(NC(=S)Nc2ccccc2)cc1)(C(F)(F)F)C(F)(F)F. The molecule has 0 unspecified atom stereocenters. The molecule has 140 valence electrons. The predicted molar refractivity (Wildman–Crippen MR) is 88.7 cm³/mol. The summed E-state index contributed by atoms with van der Waals surface area (Å²) in [6.07, 6.45) is -11.9. The number of para-hydroxylation sites is 1. The van der Waals surface area contributed by atoms with Crippen LogP contribution in [0.15, 0.2) is 54.6 Å². The summed E-state index contributed by atoms with van der Waals surface area (Å²) in [7, 11) is 0. The van der Waals surface area contributed by atoms with Crippen LogP contribution in [0.5, 0.6) is 0 Å². The van der Waals surface area contributed by atoms with Crippen LogP contribution in [0.2, 0.25) is 0 Å². The zero-order chi connectivity index (χ0) is 19.6. The molecule has 0 heterocycles. The van der Waals surface area contributed by atoms with Crippen molar-refractivity contribution in [2.45, 2.75) is 18.0 Å². The van der Waals surface area contributed by atoms with E-state index in [0.29, 0.717) is 17.8 Å². The molecule has 0 fully saturated rings. The van der Waals surface area contributed by atoms with Crippen LogP contribution < -0.4 is 10.6 Å². The Kier molecular flexibility index (Phi) is 5.47. The number of halogens is 6. The van der Waals surface area contributed by atoms with E-state index in [1.807, 2.05) is 0 Å². The van der Waals surface area contributed by atoms with Crippen LogP contribution >= 0.6 is 12.2 Å². The molecule has 0 atom stereocenters. The van der Waals surface area contributed by atoms with Crippen LogP contribution in [0.1, 0.15) is 5.56 Å². The Hall–Kier alpha value is -2.33. The summed E-state index contributed by atoms with van der Waals surface area (Å²) < 4.78 is 76.9. The molecular formula is C16H12F6N2OS. The average molecular weight is 394 g/mol. The number of thiocarbonyl (C=S) groups is 1. The number of anilines is 2. The third-order valence-electron chi connectivity index (χ3n) is 3.41. The van der Waals surface area contributed by atoms with Crippen LogP contribution in [0.3, 0.4) is 0 Å². The van der Waals surface area contributed by atoms with Crippen molar-refractivity contribution in [1.82, 2.24) is 0 Å². The first-order valence-corrected chi connectivity index (χ1v) is 7.45. The highest BCUT2D eigenvalue weighted by Crippen LogP contribution is 2.50. The van der Waals surface area contributed by atoms with Crippen LogP contribution in [0.25, 0.3) is 0 Å². The molecule has 0 aliphatic rings. The first-order chi connectivity index (χ1) is 11.9. The molecule has 0 aliphatic carbocycles. The van der Waals surface area contributed by atoms with Crippen LogP contribution in [-0.4, -0.2) is 22.6 Å². The van der Waals surface area contributed by atoms with Crippen molar-refractivity contribution >= 4 is 28.7 Å². The van der Waals surface area contributed by atoms with Crippen LogP contribution in [0, 0.1) is 0 Å². The molecule has 0 amide bonds. The van der Waals surface area contributed by atoms with E-state index < -0.39 is 23.5 Å². The third-order valence-corrected chi connectivity index (χ3v) is 3.62. The van der Waals surface area contributed by atoms with E-state index in [9.17, 15) is 31.4 Å². The second-order valence-corrected chi connectivity index (χ2v) is 5.64. The molecule has 10 heteroatoms. The highest BCUT2D eigenvalue weighted by atomic mass is 32.1. The molecule has 0 aromatic heterocycles. The van der Waals surface area contributed by atoms with Crippen molar-refractivity contribution in [2.24, 2.45) is 0 Å². The number of rotatable bonds is 3. The number of alkyl halides is 6.